The van der Waals surface area contributed by atoms with Crippen LogP contribution in [0, 0.1) is 5.82 Å². The molecule has 0 radical (unpaired) electrons. The highest BCUT2D eigenvalue weighted by Gasteiger charge is 2.16. The molecule has 0 fully saturated rings. The molecule has 0 saturated carbocycles. The van der Waals surface area contributed by atoms with Crippen molar-refractivity contribution in [2.75, 3.05) is 5.73 Å². The molecule has 2 heterocycles. The molecule has 0 bridgehead atoms. The van der Waals surface area contributed by atoms with Crippen LogP contribution in [-0.2, 0) is 0 Å². The van der Waals surface area contributed by atoms with E-state index in [0.717, 1.165) is 4.68 Å². The van der Waals surface area contributed by atoms with Gasteiger partial charge in [-0.3, -0.25) is 14.6 Å². The van der Waals surface area contributed by atoms with Gasteiger partial charge >= 0.3 is 5.69 Å². The van der Waals surface area contributed by atoms with Gasteiger partial charge in [0.25, 0.3) is 11.1 Å². The van der Waals surface area contributed by atoms with Crippen LogP contribution in [0.4, 0.5) is 10.2 Å². The molecule has 4 N–H and O–H groups in total. The van der Waals surface area contributed by atoms with Crippen molar-refractivity contribution < 1.29 is 9.13 Å². The molecule has 0 aliphatic carbocycles. The van der Waals surface area contributed by atoms with Crippen LogP contribution in [0.1, 0.15) is 0 Å². The Bertz CT molecular complexity index is 1510. The van der Waals surface area contributed by atoms with E-state index in [1.54, 1.807) is 6.07 Å². The summed E-state index contributed by atoms with van der Waals surface area (Å²) in [5, 5.41) is 9.67. The highest BCUT2D eigenvalue weighted by Crippen LogP contribution is 2.37. The zero-order chi connectivity index (χ0) is 23.0. The third-order valence-corrected chi connectivity index (χ3v) is 4.76. The maximum atomic E-state index is 13.5. The fraction of sp³-hybridized carbons (Fsp3) is 0. The van der Waals surface area contributed by atoms with E-state index in [4.69, 9.17) is 33.7 Å². The minimum absolute atomic E-state index is 0.0349. The molecule has 0 aliphatic rings. The van der Waals surface area contributed by atoms with Crippen molar-refractivity contribution in [3.63, 3.8) is 0 Å². The predicted molar refractivity (Wildman–Crippen MR) is 115 cm³/mol. The average molecular weight is 477 g/mol. The second-order valence-corrected chi connectivity index (χ2v) is 7.17. The molecule has 2 aromatic carbocycles. The molecule has 0 atom stereocenters. The van der Waals surface area contributed by atoms with E-state index >= 15 is 0 Å². The predicted octanol–water partition coefficient (Wildman–Crippen LogP) is 2.49. The molecular formula is C19H11Cl2FN6O4. The van der Waals surface area contributed by atoms with Crippen molar-refractivity contribution in [2.24, 2.45) is 0 Å². The average Bonchev–Trinajstić information content (AvgIpc) is 2.74. The zero-order valence-corrected chi connectivity index (χ0v) is 17.2. The van der Waals surface area contributed by atoms with Gasteiger partial charge < -0.3 is 10.5 Å². The number of rotatable bonds is 4. The number of nitrogens with two attached hydrogens (primary N) is 1. The van der Waals surface area contributed by atoms with Crippen LogP contribution in [0.3, 0.4) is 0 Å². The first-order valence-corrected chi connectivity index (χ1v) is 9.50. The fourth-order valence-corrected chi connectivity index (χ4v) is 3.32. The van der Waals surface area contributed by atoms with Crippen LogP contribution in [-0.4, -0.2) is 25.0 Å². The first kappa shape index (κ1) is 21.3. The highest BCUT2D eigenvalue weighted by molar-refractivity contribution is 6.37. The van der Waals surface area contributed by atoms with Crippen LogP contribution >= 0.6 is 23.2 Å². The van der Waals surface area contributed by atoms with Gasteiger partial charge in [0.1, 0.15) is 5.82 Å². The molecule has 13 heteroatoms. The highest BCUT2D eigenvalue weighted by atomic mass is 35.5. The van der Waals surface area contributed by atoms with Crippen LogP contribution in [0.15, 0.2) is 56.8 Å². The Morgan fingerprint density at radius 2 is 1.75 bits per heavy atom. The third-order valence-electron chi connectivity index (χ3n) is 4.20. The molecule has 2 aromatic heterocycles. The summed E-state index contributed by atoms with van der Waals surface area (Å²) in [5.74, 6) is -1.06. The van der Waals surface area contributed by atoms with Gasteiger partial charge in [0, 0.05) is 6.07 Å². The lowest BCUT2D eigenvalue weighted by molar-refractivity contribution is 0.455. The monoisotopic (exact) mass is 476 g/mol. The van der Waals surface area contributed by atoms with Crippen molar-refractivity contribution in [1.29, 1.82) is 0 Å². The smallest absolute Gasteiger partial charge is 0.349 e. The number of nitrogens with zero attached hydrogens (tertiary/aromatic N) is 3. The standard InChI is InChI=1S/C19H11Cl2FN6O4/c20-12-5-10(28-19(31)24-18(30)16(23)27-28)6-13(21)15(12)32-14-7-11(17(29)26-25-14)8-2-1-3-9(22)4-8/h1-7H,(H2,23,27)(H,26,29)(H,24,30,31). The topological polar surface area (TPSA) is 149 Å². The Balaban J connectivity index is 1.73. The number of benzene rings is 2. The maximum Gasteiger partial charge on any atom is 0.349 e. The second kappa shape index (κ2) is 8.29. The molecule has 162 valence electrons. The number of halogens is 3. The van der Waals surface area contributed by atoms with Gasteiger partial charge in [0.2, 0.25) is 11.7 Å². The van der Waals surface area contributed by atoms with Gasteiger partial charge in [0.15, 0.2) is 5.75 Å². The normalized spacial score (nSPS) is 10.8. The molecule has 4 aromatic rings. The zero-order valence-electron chi connectivity index (χ0n) is 15.7. The van der Waals surface area contributed by atoms with Crippen molar-refractivity contribution in [1.82, 2.24) is 25.0 Å². The second-order valence-electron chi connectivity index (χ2n) is 6.36. The summed E-state index contributed by atoms with van der Waals surface area (Å²) < 4.78 is 20.0. The van der Waals surface area contributed by atoms with E-state index in [9.17, 15) is 18.8 Å². The van der Waals surface area contributed by atoms with Crippen LogP contribution in [0.5, 0.6) is 11.6 Å². The van der Waals surface area contributed by atoms with Gasteiger partial charge in [-0.1, -0.05) is 35.3 Å². The van der Waals surface area contributed by atoms with Crippen molar-refractivity contribution in [3.05, 3.63) is 89.5 Å². The summed E-state index contributed by atoms with van der Waals surface area (Å²) in [7, 11) is 0. The molecule has 10 nitrogen and oxygen atoms in total. The van der Waals surface area contributed by atoms with Crippen molar-refractivity contribution in [3.8, 4) is 28.4 Å². The molecule has 32 heavy (non-hydrogen) atoms. The molecule has 0 amide bonds. The molecule has 0 unspecified atom stereocenters. The number of aromatic nitrogens is 5. The summed E-state index contributed by atoms with van der Waals surface area (Å²) in [6.07, 6.45) is 0. The largest absolute Gasteiger partial charge is 0.434 e. The van der Waals surface area contributed by atoms with E-state index in [1.807, 2.05) is 4.98 Å². The maximum absolute atomic E-state index is 13.5. The first-order chi connectivity index (χ1) is 15.2. The Morgan fingerprint density at radius 1 is 1.03 bits per heavy atom. The number of hydrogen-bond donors (Lipinski definition) is 3. The molecule has 0 spiro atoms. The molecule has 0 aliphatic heterocycles. The number of hydrogen-bond acceptors (Lipinski definition) is 7. The Kier molecular flexibility index (Phi) is 5.51. The SMILES string of the molecule is Nc1nn(-c2cc(Cl)c(Oc3cc(-c4cccc(F)c4)c(=O)[nH]n3)c(Cl)c2)c(=O)[nH]c1=O. The summed E-state index contributed by atoms with van der Waals surface area (Å²) >= 11 is 12.5. The summed E-state index contributed by atoms with van der Waals surface area (Å²) in [5.41, 5.74) is 3.74. The lowest BCUT2D eigenvalue weighted by atomic mass is 10.1. The number of ether oxygens (including phenoxy) is 1. The number of nitrogen functional groups attached to an aromatic ring is 1. The molecule has 4 rings (SSSR count). The van der Waals surface area contributed by atoms with Gasteiger partial charge in [-0.2, -0.15) is 4.68 Å². The van der Waals surface area contributed by atoms with Crippen molar-refractivity contribution >= 4 is 29.0 Å². The Morgan fingerprint density at radius 3 is 2.44 bits per heavy atom. The number of H-pyrrole nitrogens is 2. The van der Waals surface area contributed by atoms with E-state index in [2.05, 4.69) is 15.3 Å². The number of anilines is 1. The van der Waals surface area contributed by atoms with Gasteiger partial charge in [-0.15, -0.1) is 10.2 Å². The van der Waals surface area contributed by atoms with Gasteiger partial charge in [0.05, 0.1) is 21.3 Å². The lowest BCUT2D eigenvalue weighted by Gasteiger charge is -2.12. The Hall–Kier alpha value is -3.96. The van der Waals surface area contributed by atoms with Crippen LogP contribution in [0.25, 0.3) is 16.8 Å². The minimum Gasteiger partial charge on any atom is -0.434 e. The number of nitrogens with one attached hydrogen (secondary N) is 2. The van der Waals surface area contributed by atoms with Gasteiger partial charge in [-0.05, 0) is 29.8 Å². The van der Waals surface area contributed by atoms with Crippen molar-refractivity contribution in [2.45, 2.75) is 0 Å². The third kappa shape index (κ3) is 4.11. The van der Waals surface area contributed by atoms with E-state index < -0.39 is 28.4 Å². The first-order valence-electron chi connectivity index (χ1n) is 8.75. The van der Waals surface area contributed by atoms with E-state index in [-0.39, 0.29) is 32.9 Å². The van der Waals surface area contributed by atoms with Gasteiger partial charge in [-0.25, -0.2) is 14.3 Å². The molecule has 0 saturated heterocycles. The van der Waals surface area contributed by atoms with Crippen LogP contribution in [0.2, 0.25) is 10.0 Å². The number of aromatic amines is 2. The minimum atomic E-state index is -0.855. The molecular weight excluding hydrogens is 466 g/mol. The summed E-state index contributed by atoms with van der Waals surface area (Å²) in [4.78, 5) is 37.6. The Labute approximate surface area is 187 Å². The lowest BCUT2D eigenvalue weighted by Crippen LogP contribution is -2.33. The quantitative estimate of drug-likeness (QED) is 0.409. The summed E-state index contributed by atoms with van der Waals surface area (Å²) in [6, 6.07) is 9.33. The fourth-order valence-electron chi connectivity index (χ4n) is 2.77. The summed E-state index contributed by atoms with van der Waals surface area (Å²) in [6.45, 7) is 0. The van der Waals surface area contributed by atoms with Crippen LogP contribution < -0.4 is 27.3 Å². The van der Waals surface area contributed by atoms with E-state index in [0.29, 0.717) is 5.56 Å². The van der Waals surface area contributed by atoms with E-state index in [1.165, 1.54) is 36.4 Å².